The second kappa shape index (κ2) is 9.00. The Kier molecular flexibility index (Phi) is 5.63. The van der Waals surface area contributed by atoms with Crippen LogP contribution in [-0.4, -0.2) is 45.0 Å². The summed E-state index contributed by atoms with van der Waals surface area (Å²) in [6.45, 7) is 0. The highest BCUT2D eigenvalue weighted by atomic mass is 35.5. The zero-order chi connectivity index (χ0) is 25.7. The van der Waals surface area contributed by atoms with Crippen LogP contribution in [0.2, 0.25) is 5.02 Å². The molecule has 0 bridgehead atoms. The first kappa shape index (κ1) is 23.2. The predicted molar refractivity (Wildman–Crippen MR) is 126 cm³/mol. The maximum absolute atomic E-state index is 15.2. The van der Waals surface area contributed by atoms with E-state index in [-0.39, 0.29) is 16.3 Å². The van der Waals surface area contributed by atoms with Crippen LogP contribution >= 0.6 is 11.6 Å². The lowest BCUT2D eigenvalue weighted by atomic mass is 10.0. The summed E-state index contributed by atoms with van der Waals surface area (Å²) in [6, 6.07) is 5.86. The molecule has 4 heterocycles. The van der Waals surface area contributed by atoms with Crippen molar-refractivity contribution in [1.82, 2.24) is 45.0 Å². The van der Waals surface area contributed by atoms with Gasteiger partial charge >= 0.3 is 0 Å². The van der Waals surface area contributed by atoms with Gasteiger partial charge in [-0.1, -0.05) is 34.8 Å². The first-order valence-electron chi connectivity index (χ1n) is 11.4. The van der Waals surface area contributed by atoms with Crippen molar-refractivity contribution in [3.8, 4) is 28.1 Å². The minimum absolute atomic E-state index is 0.0928. The third kappa shape index (κ3) is 4.20. The maximum Gasteiger partial charge on any atom is 0.260 e. The minimum atomic E-state index is -0.703. The zero-order valence-corrected chi connectivity index (χ0v) is 20.2. The number of nitrogens with zero attached hydrogens (tertiary/aromatic N) is 10. The first-order chi connectivity index (χ1) is 17.9. The Morgan fingerprint density at radius 1 is 1.16 bits per heavy atom. The van der Waals surface area contributed by atoms with E-state index in [1.165, 1.54) is 34.2 Å². The summed E-state index contributed by atoms with van der Waals surface area (Å²) in [5.41, 5.74) is 1.84. The van der Waals surface area contributed by atoms with Gasteiger partial charge in [-0.05, 0) is 41.0 Å². The van der Waals surface area contributed by atoms with Crippen LogP contribution in [0.4, 0.5) is 8.78 Å². The summed E-state index contributed by atoms with van der Waals surface area (Å²) in [4.78, 5) is 0. The SMILES string of the molecule is Cn1nnc(F)c1-c1cnn([C@@H](CC2CC2)c2ccc(-c3c(-n4cnnn4)ccc(Cl)c3F)c[n+]2[O-])c1. The maximum atomic E-state index is 15.2. The Balaban J connectivity index is 1.41. The normalized spacial score (nSPS) is 14.3. The number of halogens is 3. The van der Waals surface area contributed by atoms with Crippen molar-refractivity contribution in [2.24, 2.45) is 13.0 Å². The Bertz CT molecular complexity index is 1580. The molecule has 1 atom stereocenters. The van der Waals surface area contributed by atoms with Gasteiger partial charge in [0, 0.05) is 24.9 Å². The molecule has 0 radical (unpaired) electrons. The van der Waals surface area contributed by atoms with Crippen LogP contribution in [0, 0.1) is 22.9 Å². The van der Waals surface area contributed by atoms with Crippen LogP contribution in [0.25, 0.3) is 28.1 Å². The molecule has 11 nitrogen and oxygen atoms in total. The lowest BCUT2D eigenvalue weighted by molar-refractivity contribution is -0.615. The first-order valence-corrected chi connectivity index (χ1v) is 11.8. The Morgan fingerprint density at radius 2 is 2.00 bits per heavy atom. The van der Waals surface area contributed by atoms with Gasteiger partial charge in [-0.25, -0.2) is 9.07 Å². The minimum Gasteiger partial charge on any atom is -0.618 e. The van der Waals surface area contributed by atoms with Crippen molar-refractivity contribution in [2.75, 3.05) is 0 Å². The molecule has 5 aromatic rings. The molecule has 0 unspecified atom stereocenters. The number of tetrazole rings is 1. The average molecular weight is 525 g/mol. The van der Waals surface area contributed by atoms with E-state index in [1.807, 2.05) is 0 Å². The predicted octanol–water partition coefficient (Wildman–Crippen LogP) is 3.28. The van der Waals surface area contributed by atoms with Gasteiger partial charge < -0.3 is 5.21 Å². The number of aromatic nitrogens is 10. The van der Waals surface area contributed by atoms with Crippen molar-refractivity contribution in [2.45, 2.75) is 25.3 Å². The lowest BCUT2D eigenvalue weighted by Gasteiger charge is -2.18. The van der Waals surface area contributed by atoms with Crippen molar-refractivity contribution in [1.29, 1.82) is 0 Å². The molecule has 1 fully saturated rings. The number of pyridine rings is 1. The molecule has 0 N–H and O–H groups in total. The van der Waals surface area contributed by atoms with E-state index in [1.54, 1.807) is 36.1 Å². The largest absolute Gasteiger partial charge is 0.618 e. The van der Waals surface area contributed by atoms with Crippen LogP contribution < -0.4 is 4.73 Å². The van der Waals surface area contributed by atoms with Gasteiger partial charge in [0.15, 0.2) is 12.0 Å². The molecule has 0 saturated heterocycles. The summed E-state index contributed by atoms with van der Waals surface area (Å²) in [6.07, 6.45) is 8.62. The molecule has 0 spiro atoms. The lowest BCUT2D eigenvalue weighted by Crippen LogP contribution is -2.35. The smallest absolute Gasteiger partial charge is 0.260 e. The third-order valence-electron chi connectivity index (χ3n) is 6.48. The molecule has 1 aliphatic carbocycles. The number of hydrogen-bond donors (Lipinski definition) is 0. The van der Waals surface area contributed by atoms with Crippen LogP contribution in [0.1, 0.15) is 31.0 Å². The molecule has 1 aliphatic rings. The van der Waals surface area contributed by atoms with Gasteiger partial charge in [0.05, 0.1) is 28.0 Å². The van der Waals surface area contributed by atoms with E-state index in [9.17, 15) is 9.60 Å². The topological polar surface area (TPSA) is 119 Å². The average Bonchev–Trinajstić information content (AvgIpc) is 3.23. The summed E-state index contributed by atoms with van der Waals surface area (Å²) in [5.74, 6) is -0.948. The highest BCUT2D eigenvalue weighted by Crippen LogP contribution is 2.39. The fourth-order valence-corrected chi connectivity index (χ4v) is 4.64. The van der Waals surface area contributed by atoms with Crippen LogP contribution in [0.15, 0.2) is 49.2 Å². The third-order valence-corrected chi connectivity index (χ3v) is 6.77. The van der Waals surface area contributed by atoms with Gasteiger partial charge in [0.2, 0.25) is 5.69 Å². The molecule has 0 aliphatic heterocycles. The second-order valence-electron chi connectivity index (χ2n) is 8.93. The molecule has 188 valence electrons. The van der Waals surface area contributed by atoms with E-state index < -0.39 is 17.8 Å². The van der Waals surface area contributed by atoms with E-state index in [0.29, 0.717) is 39.6 Å². The molecular formula is C23H19ClF2N10O. The number of hydrogen-bond acceptors (Lipinski definition) is 7. The molecule has 4 aromatic heterocycles. The summed E-state index contributed by atoms with van der Waals surface area (Å²) in [5, 5.41) is 35.9. The quantitative estimate of drug-likeness (QED) is 0.237. The Labute approximate surface area is 213 Å². The molecule has 37 heavy (non-hydrogen) atoms. The van der Waals surface area contributed by atoms with Crippen molar-refractivity contribution < 1.29 is 13.5 Å². The van der Waals surface area contributed by atoms with E-state index in [4.69, 9.17) is 11.6 Å². The molecule has 6 rings (SSSR count). The van der Waals surface area contributed by atoms with Crippen LogP contribution in [0.5, 0.6) is 0 Å². The molecule has 1 saturated carbocycles. The van der Waals surface area contributed by atoms with Gasteiger partial charge in [-0.2, -0.15) is 18.9 Å². The molecule has 1 aromatic carbocycles. The molecule has 14 heteroatoms. The highest BCUT2D eigenvalue weighted by Gasteiger charge is 2.32. The molecule has 0 amide bonds. The fourth-order valence-electron chi connectivity index (χ4n) is 4.48. The van der Waals surface area contributed by atoms with E-state index in [0.717, 1.165) is 12.8 Å². The van der Waals surface area contributed by atoms with E-state index >= 15 is 4.39 Å². The van der Waals surface area contributed by atoms with Crippen LogP contribution in [-0.2, 0) is 7.05 Å². The number of benzene rings is 1. The van der Waals surface area contributed by atoms with Crippen molar-refractivity contribution in [3.63, 3.8) is 0 Å². The second-order valence-corrected chi connectivity index (χ2v) is 9.34. The van der Waals surface area contributed by atoms with Gasteiger partial charge in [-0.3, -0.25) is 4.68 Å². The standard InChI is InChI=1S/C23H19ClF2N10O/c1-33-22(23(26)29-31-33)15-9-28-34(10-15)19(8-13-2-3-13)17-6-4-14(11-36(17)37)20-18(35-12-27-30-32-35)7-5-16(24)21(20)25/h4-7,9-13,19H,2-3,8H2,1H3/t19-/m0/s1. The van der Waals surface area contributed by atoms with Gasteiger partial charge in [-0.15, -0.1) is 5.10 Å². The number of rotatable bonds is 7. The van der Waals surface area contributed by atoms with Crippen molar-refractivity contribution >= 4 is 11.6 Å². The highest BCUT2D eigenvalue weighted by molar-refractivity contribution is 6.31. The van der Waals surface area contributed by atoms with Crippen LogP contribution in [0.3, 0.4) is 0 Å². The van der Waals surface area contributed by atoms with Crippen molar-refractivity contribution in [3.05, 3.63) is 76.9 Å². The zero-order valence-electron chi connectivity index (χ0n) is 19.4. The van der Waals surface area contributed by atoms with E-state index in [2.05, 4.69) is 30.9 Å². The Hall–Kier alpha value is -4.26. The Morgan fingerprint density at radius 3 is 2.68 bits per heavy atom. The number of aryl methyl sites for hydroxylation is 1. The monoisotopic (exact) mass is 524 g/mol. The van der Waals surface area contributed by atoms with Gasteiger partial charge in [0.1, 0.15) is 18.1 Å². The molecular weight excluding hydrogens is 506 g/mol. The summed E-state index contributed by atoms with van der Waals surface area (Å²) < 4.78 is 34.4. The fraction of sp³-hybridized carbons (Fsp3) is 0.261. The summed E-state index contributed by atoms with van der Waals surface area (Å²) in [7, 11) is 1.59. The van der Waals surface area contributed by atoms with Gasteiger partial charge in [0.25, 0.3) is 5.95 Å². The summed E-state index contributed by atoms with van der Waals surface area (Å²) >= 11 is 6.06.